The highest BCUT2D eigenvalue weighted by atomic mass is 16.5. The van der Waals surface area contributed by atoms with E-state index in [0.29, 0.717) is 23.4 Å². The van der Waals surface area contributed by atoms with Crippen LogP contribution in [0.25, 0.3) is 11.4 Å². The van der Waals surface area contributed by atoms with Crippen molar-refractivity contribution in [3.63, 3.8) is 0 Å². The molecule has 7 heteroatoms. The zero-order valence-corrected chi connectivity index (χ0v) is 17.1. The van der Waals surface area contributed by atoms with Crippen molar-refractivity contribution in [2.24, 2.45) is 0 Å². The molecule has 0 aliphatic heterocycles. The number of aromatic nitrogens is 2. The van der Waals surface area contributed by atoms with E-state index in [1.165, 1.54) is 10.5 Å². The number of nitrogens with zero attached hydrogens (tertiary/aromatic N) is 3. The minimum absolute atomic E-state index is 0.0585. The molecule has 0 saturated carbocycles. The van der Waals surface area contributed by atoms with Gasteiger partial charge in [-0.15, -0.1) is 0 Å². The van der Waals surface area contributed by atoms with Crippen LogP contribution in [0.5, 0.6) is 11.5 Å². The highest BCUT2D eigenvalue weighted by molar-refractivity contribution is 5.77. The maximum atomic E-state index is 12.3. The Hall–Kier alpha value is -3.35. The average Bonchev–Trinajstić information content (AvgIpc) is 3.20. The molecule has 0 unspecified atom stereocenters. The maximum absolute atomic E-state index is 12.3. The van der Waals surface area contributed by atoms with Crippen LogP contribution in [0.3, 0.4) is 0 Å². The number of likely N-dealkylation sites (N-methyl/N-ethyl adjacent to an activating group) is 1. The second-order valence-corrected chi connectivity index (χ2v) is 7.00. The summed E-state index contributed by atoms with van der Waals surface area (Å²) in [6.07, 6.45) is 0. The molecule has 0 saturated heterocycles. The highest BCUT2D eigenvalue weighted by Gasteiger charge is 2.15. The van der Waals surface area contributed by atoms with Gasteiger partial charge in [0.05, 0.1) is 13.7 Å². The normalized spacial score (nSPS) is 10.8. The molecule has 0 fully saturated rings. The standard InChI is InChI=1S/C22H25N3O4/c1-15(2)16-5-11-19(12-6-16)28-14-21(26)25(3)13-20-23-22(24-29-20)17-7-9-18(27-4)10-8-17/h5-12,15H,13-14H2,1-4H3. The first-order valence-corrected chi connectivity index (χ1v) is 9.40. The van der Waals surface area contributed by atoms with Crippen molar-refractivity contribution in [3.05, 3.63) is 60.0 Å². The van der Waals surface area contributed by atoms with Gasteiger partial charge in [-0.3, -0.25) is 4.79 Å². The van der Waals surface area contributed by atoms with E-state index in [4.69, 9.17) is 14.0 Å². The number of hydrogen-bond donors (Lipinski definition) is 0. The van der Waals surface area contributed by atoms with E-state index in [1.54, 1.807) is 14.2 Å². The van der Waals surface area contributed by atoms with E-state index in [-0.39, 0.29) is 19.1 Å². The van der Waals surface area contributed by atoms with Crippen LogP contribution in [-0.2, 0) is 11.3 Å². The number of hydrogen-bond acceptors (Lipinski definition) is 6. The number of rotatable bonds is 8. The fourth-order valence-corrected chi connectivity index (χ4v) is 2.67. The van der Waals surface area contributed by atoms with Crippen LogP contribution >= 0.6 is 0 Å². The summed E-state index contributed by atoms with van der Waals surface area (Å²) in [5.74, 6) is 2.51. The number of amides is 1. The molecule has 1 amide bonds. The van der Waals surface area contributed by atoms with E-state index in [9.17, 15) is 4.79 Å². The lowest BCUT2D eigenvalue weighted by molar-refractivity contribution is -0.132. The SMILES string of the molecule is COc1ccc(-c2noc(CN(C)C(=O)COc3ccc(C(C)C)cc3)n2)cc1. The molecule has 152 valence electrons. The monoisotopic (exact) mass is 395 g/mol. The second-order valence-electron chi connectivity index (χ2n) is 7.00. The molecule has 29 heavy (non-hydrogen) atoms. The predicted molar refractivity (Wildman–Crippen MR) is 109 cm³/mol. The van der Waals surface area contributed by atoms with Crippen LogP contribution in [-0.4, -0.2) is 41.7 Å². The van der Waals surface area contributed by atoms with Gasteiger partial charge in [-0.05, 0) is 47.9 Å². The quantitative estimate of drug-likeness (QED) is 0.576. The summed E-state index contributed by atoms with van der Waals surface area (Å²) in [5.41, 5.74) is 2.04. The van der Waals surface area contributed by atoms with Gasteiger partial charge >= 0.3 is 0 Å². The molecule has 3 rings (SSSR count). The first-order valence-electron chi connectivity index (χ1n) is 9.40. The van der Waals surface area contributed by atoms with Crippen molar-refractivity contribution >= 4 is 5.91 Å². The summed E-state index contributed by atoms with van der Waals surface area (Å²) in [4.78, 5) is 18.2. The molecule has 0 aliphatic carbocycles. The average molecular weight is 395 g/mol. The van der Waals surface area contributed by atoms with E-state index < -0.39 is 0 Å². The lowest BCUT2D eigenvalue weighted by atomic mass is 10.0. The van der Waals surface area contributed by atoms with Crippen LogP contribution in [0, 0.1) is 0 Å². The van der Waals surface area contributed by atoms with Crippen LogP contribution in [0.15, 0.2) is 53.1 Å². The Morgan fingerprint density at radius 3 is 2.34 bits per heavy atom. The van der Waals surface area contributed by atoms with E-state index in [0.717, 1.165) is 11.3 Å². The fourth-order valence-electron chi connectivity index (χ4n) is 2.67. The molecule has 1 aromatic heterocycles. The molecule has 0 radical (unpaired) electrons. The third kappa shape index (κ3) is 5.34. The third-order valence-electron chi connectivity index (χ3n) is 4.52. The minimum Gasteiger partial charge on any atom is -0.497 e. The number of ether oxygens (including phenoxy) is 2. The molecular formula is C22H25N3O4. The van der Waals surface area contributed by atoms with Gasteiger partial charge in [0.1, 0.15) is 11.5 Å². The molecule has 0 N–H and O–H groups in total. The van der Waals surface area contributed by atoms with Crippen LogP contribution < -0.4 is 9.47 Å². The van der Waals surface area contributed by atoms with Gasteiger partial charge in [0.15, 0.2) is 6.61 Å². The van der Waals surface area contributed by atoms with Crippen molar-refractivity contribution < 1.29 is 18.8 Å². The summed E-state index contributed by atoms with van der Waals surface area (Å²) in [7, 11) is 3.28. The Labute approximate surface area is 170 Å². The Balaban J connectivity index is 1.53. The number of carbonyl (C=O) groups is 1. The van der Waals surface area contributed by atoms with E-state index in [2.05, 4.69) is 24.0 Å². The number of carbonyl (C=O) groups excluding carboxylic acids is 1. The Kier molecular flexibility index (Phi) is 6.49. The number of methoxy groups -OCH3 is 1. The summed E-state index contributed by atoms with van der Waals surface area (Å²) >= 11 is 0. The highest BCUT2D eigenvalue weighted by Crippen LogP contribution is 2.20. The molecule has 7 nitrogen and oxygen atoms in total. The molecule has 0 atom stereocenters. The summed E-state index contributed by atoms with van der Waals surface area (Å²) in [5, 5.41) is 3.97. The molecule has 1 heterocycles. The van der Waals surface area contributed by atoms with Crippen LogP contribution in [0.2, 0.25) is 0 Å². The smallest absolute Gasteiger partial charge is 0.260 e. The lowest BCUT2D eigenvalue weighted by Crippen LogP contribution is -2.31. The van der Waals surface area contributed by atoms with Crippen molar-refractivity contribution in [1.82, 2.24) is 15.0 Å². The topological polar surface area (TPSA) is 77.7 Å². The zero-order valence-electron chi connectivity index (χ0n) is 17.1. The molecule has 2 aromatic carbocycles. The van der Waals surface area contributed by atoms with Gasteiger partial charge in [-0.25, -0.2) is 0 Å². The minimum atomic E-state index is -0.179. The van der Waals surface area contributed by atoms with Crippen molar-refractivity contribution in [2.45, 2.75) is 26.3 Å². The number of benzene rings is 2. The van der Waals surface area contributed by atoms with Gasteiger partial charge in [0.25, 0.3) is 5.91 Å². The fraction of sp³-hybridized carbons (Fsp3) is 0.318. The van der Waals surface area contributed by atoms with E-state index in [1.807, 2.05) is 48.5 Å². The molecule has 3 aromatic rings. The molecule has 0 aliphatic rings. The van der Waals surface area contributed by atoms with Gasteiger partial charge in [0, 0.05) is 12.6 Å². The van der Waals surface area contributed by atoms with Crippen LogP contribution in [0.1, 0.15) is 31.2 Å². The molecule has 0 spiro atoms. The Morgan fingerprint density at radius 2 is 1.72 bits per heavy atom. The van der Waals surface area contributed by atoms with Gasteiger partial charge < -0.3 is 18.9 Å². The first kappa shape index (κ1) is 20.4. The van der Waals surface area contributed by atoms with Gasteiger partial charge in [0.2, 0.25) is 11.7 Å². The first-order chi connectivity index (χ1) is 14.0. The lowest BCUT2D eigenvalue weighted by Gasteiger charge is -2.15. The Morgan fingerprint density at radius 1 is 1.07 bits per heavy atom. The predicted octanol–water partition coefficient (Wildman–Crippen LogP) is 3.91. The second kappa shape index (κ2) is 9.23. The molecular weight excluding hydrogens is 370 g/mol. The zero-order chi connectivity index (χ0) is 20.8. The van der Waals surface area contributed by atoms with Gasteiger partial charge in [-0.1, -0.05) is 31.1 Å². The van der Waals surface area contributed by atoms with E-state index >= 15 is 0 Å². The Bertz CT molecular complexity index is 933. The summed E-state index contributed by atoms with van der Waals surface area (Å²) < 4.78 is 16.0. The van der Waals surface area contributed by atoms with Crippen molar-refractivity contribution in [3.8, 4) is 22.9 Å². The van der Waals surface area contributed by atoms with Crippen molar-refractivity contribution in [2.75, 3.05) is 20.8 Å². The third-order valence-corrected chi connectivity index (χ3v) is 4.52. The maximum Gasteiger partial charge on any atom is 0.260 e. The molecule has 0 bridgehead atoms. The van der Waals surface area contributed by atoms with Crippen LogP contribution in [0.4, 0.5) is 0 Å². The van der Waals surface area contributed by atoms with Gasteiger partial charge in [-0.2, -0.15) is 4.98 Å². The summed E-state index contributed by atoms with van der Waals surface area (Å²) in [6, 6.07) is 15.1. The van der Waals surface area contributed by atoms with Crippen molar-refractivity contribution in [1.29, 1.82) is 0 Å². The summed E-state index contributed by atoms with van der Waals surface area (Å²) in [6.45, 7) is 4.41. The largest absolute Gasteiger partial charge is 0.497 e.